The lowest BCUT2D eigenvalue weighted by atomic mass is 9.85. The summed E-state index contributed by atoms with van der Waals surface area (Å²) in [7, 11) is 0. The molecule has 2 aromatic heterocycles. The molecule has 0 spiro atoms. The van der Waals surface area contributed by atoms with E-state index >= 15 is 8.78 Å². The smallest absolute Gasteiger partial charge is 0.225 e. The maximum absolute atomic E-state index is 16.7. The van der Waals surface area contributed by atoms with Gasteiger partial charge in [-0.3, -0.25) is 0 Å². The predicted octanol–water partition coefficient (Wildman–Crippen LogP) is 9.98. The molecule has 0 saturated carbocycles. The molecule has 250 valence electrons. The number of nitrogens with two attached hydrogens (primary N) is 1. The summed E-state index contributed by atoms with van der Waals surface area (Å²) in [6.45, 7) is 11.9. The zero-order chi connectivity index (χ0) is 34.1. The van der Waals surface area contributed by atoms with Crippen molar-refractivity contribution in [2.45, 2.75) is 106 Å². The number of ether oxygens (including phenoxy) is 1. The summed E-state index contributed by atoms with van der Waals surface area (Å²) in [6.07, 6.45) is 12.8. The number of thiophene rings is 1. The van der Waals surface area contributed by atoms with Gasteiger partial charge < -0.3 is 15.4 Å². The summed E-state index contributed by atoms with van der Waals surface area (Å²) < 4.78 is 37.5. The zero-order valence-corrected chi connectivity index (χ0v) is 29.1. The average molecular weight is 661 g/mol. The Morgan fingerprint density at radius 1 is 1.11 bits per heavy atom. The molecule has 2 aliphatic rings. The van der Waals surface area contributed by atoms with Gasteiger partial charge in [-0.05, 0) is 62.7 Å². The maximum atomic E-state index is 16.7. The largest absolute Gasteiger partial charge is 0.389 e. The van der Waals surface area contributed by atoms with Crippen LogP contribution in [-0.4, -0.2) is 23.1 Å². The van der Waals surface area contributed by atoms with Crippen LogP contribution in [0.15, 0.2) is 17.8 Å². The number of anilines is 2. The number of nitriles is 2. The van der Waals surface area contributed by atoms with Gasteiger partial charge in [0.05, 0.1) is 29.7 Å². The van der Waals surface area contributed by atoms with Gasteiger partial charge in [0.25, 0.3) is 0 Å². The first-order valence-corrected chi connectivity index (χ1v) is 17.6. The molecule has 0 aliphatic carbocycles. The minimum Gasteiger partial charge on any atom is -0.389 e. The Bertz CT molecular complexity index is 1730. The summed E-state index contributed by atoms with van der Waals surface area (Å²) in [5, 5.41) is 19.5. The molecular formula is C37H46F2N6OS. The van der Waals surface area contributed by atoms with E-state index in [4.69, 9.17) is 15.7 Å². The molecule has 1 atom stereocenters. The van der Waals surface area contributed by atoms with Crippen LogP contribution in [0.1, 0.15) is 125 Å². The Balaban J connectivity index is 0.000000391. The Kier molecular flexibility index (Phi) is 12.9. The van der Waals surface area contributed by atoms with Gasteiger partial charge in [0, 0.05) is 41.7 Å². The lowest BCUT2D eigenvalue weighted by molar-refractivity contribution is 0.134. The first kappa shape index (κ1) is 36.0. The van der Waals surface area contributed by atoms with E-state index in [2.05, 4.69) is 40.9 Å². The van der Waals surface area contributed by atoms with E-state index in [1.165, 1.54) is 25.3 Å². The molecule has 1 saturated heterocycles. The van der Waals surface area contributed by atoms with Crippen LogP contribution in [0.5, 0.6) is 0 Å². The van der Waals surface area contributed by atoms with Crippen LogP contribution in [-0.2, 0) is 18.0 Å². The number of nitrogens with zero attached hydrogens (tertiary/aromatic N) is 5. The predicted molar refractivity (Wildman–Crippen MR) is 188 cm³/mol. The number of hydrogen-bond donors (Lipinski definition) is 1. The number of aromatic nitrogens is 2. The third kappa shape index (κ3) is 7.66. The molecule has 1 unspecified atom stereocenters. The minimum atomic E-state index is -0.514. The van der Waals surface area contributed by atoms with Crippen molar-refractivity contribution in [3.05, 3.63) is 56.4 Å². The van der Waals surface area contributed by atoms with Crippen molar-refractivity contribution >= 4 is 44.6 Å². The fourth-order valence-corrected chi connectivity index (χ4v) is 7.31. The molecule has 47 heavy (non-hydrogen) atoms. The zero-order valence-electron chi connectivity index (χ0n) is 28.3. The second kappa shape index (κ2) is 16.8. The van der Waals surface area contributed by atoms with Gasteiger partial charge in [0.1, 0.15) is 22.4 Å². The summed E-state index contributed by atoms with van der Waals surface area (Å²) in [5.41, 5.74) is 9.97. The van der Waals surface area contributed by atoms with Gasteiger partial charge in [-0.2, -0.15) is 10.5 Å². The second-order valence-corrected chi connectivity index (χ2v) is 13.2. The standard InChI is InChI=1S/C27H27F2N5OS.C10H19N/c1-4-14(3)20(22-15(10-30)26(31)36-25(22)19(28)5-2)21-18-13-35-12-17(18)16-11-32-27(33-24(16)23(21)29)34-8-6-7-9-34;1-3-5-6-8-10(9-11)7-4-2/h5,11H,4,6-9,12-13,31H2,1-3H3;10H,3-8H2,1-2H3/b19-5+,20-14+;. The van der Waals surface area contributed by atoms with E-state index in [1.54, 1.807) is 13.1 Å². The molecule has 1 aromatic carbocycles. The molecule has 0 amide bonds. The molecule has 0 bridgehead atoms. The number of fused-ring (bicyclic) bond motifs is 3. The molecular weight excluding hydrogens is 615 g/mol. The van der Waals surface area contributed by atoms with Crippen molar-refractivity contribution in [2.24, 2.45) is 5.92 Å². The molecule has 0 radical (unpaired) electrons. The first-order chi connectivity index (χ1) is 22.8. The van der Waals surface area contributed by atoms with Gasteiger partial charge in [-0.25, -0.2) is 18.7 Å². The highest BCUT2D eigenvalue weighted by Crippen LogP contribution is 2.47. The number of benzene rings is 1. The monoisotopic (exact) mass is 660 g/mol. The second-order valence-electron chi connectivity index (χ2n) is 12.2. The Labute approximate surface area is 281 Å². The van der Waals surface area contributed by atoms with Gasteiger partial charge in [-0.1, -0.05) is 58.1 Å². The molecule has 10 heteroatoms. The number of halogens is 2. The summed E-state index contributed by atoms with van der Waals surface area (Å²) >= 11 is 1.00. The van der Waals surface area contributed by atoms with Crippen LogP contribution in [0.2, 0.25) is 0 Å². The van der Waals surface area contributed by atoms with Crippen molar-refractivity contribution in [1.29, 1.82) is 10.5 Å². The number of hydrogen-bond acceptors (Lipinski definition) is 8. The highest BCUT2D eigenvalue weighted by molar-refractivity contribution is 7.17. The van der Waals surface area contributed by atoms with Gasteiger partial charge in [-0.15, -0.1) is 11.3 Å². The quantitative estimate of drug-likeness (QED) is 0.204. The number of nitrogen functional groups attached to an aromatic ring is 1. The Morgan fingerprint density at radius 3 is 2.45 bits per heavy atom. The van der Waals surface area contributed by atoms with Crippen LogP contribution >= 0.6 is 11.3 Å². The Morgan fingerprint density at radius 2 is 1.83 bits per heavy atom. The molecule has 2 N–H and O–H groups in total. The normalized spacial score (nSPS) is 15.5. The molecule has 1 fully saturated rings. The lowest BCUT2D eigenvalue weighted by Crippen LogP contribution is -2.20. The van der Waals surface area contributed by atoms with E-state index in [-0.39, 0.29) is 27.6 Å². The highest BCUT2D eigenvalue weighted by Gasteiger charge is 2.32. The number of allylic oxidation sites excluding steroid dienone is 2. The van der Waals surface area contributed by atoms with E-state index in [0.717, 1.165) is 67.7 Å². The van der Waals surface area contributed by atoms with Crippen molar-refractivity contribution in [3.8, 4) is 12.1 Å². The summed E-state index contributed by atoms with van der Waals surface area (Å²) in [4.78, 5) is 11.5. The molecule has 2 aliphatic heterocycles. The Hall–Kier alpha value is -3.86. The number of rotatable bonds is 11. The minimum absolute atomic E-state index is 0.155. The third-order valence-electron chi connectivity index (χ3n) is 9.03. The fourth-order valence-electron chi connectivity index (χ4n) is 6.32. The molecule has 7 nitrogen and oxygen atoms in total. The lowest BCUT2D eigenvalue weighted by Gasteiger charge is -2.20. The fraction of sp³-hybridized carbons (Fsp3) is 0.514. The van der Waals surface area contributed by atoms with Crippen molar-refractivity contribution in [3.63, 3.8) is 0 Å². The summed E-state index contributed by atoms with van der Waals surface area (Å²) in [6, 6.07) is 4.50. The van der Waals surface area contributed by atoms with Crippen LogP contribution in [0.25, 0.3) is 22.3 Å². The van der Waals surface area contributed by atoms with Crippen LogP contribution in [0.3, 0.4) is 0 Å². The van der Waals surface area contributed by atoms with Crippen molar-refractivity contribution < 1.29 is 13.5 Å². The summed E-state index contributed by atoms with van der Waals surface area (Å²) in [5.74, 6) is -0.191. The SMILES string of the molecule is C/C=C(/F)c1sc(N)c(C#N)c1/C(=C(\C)CC)c1c2c(c3cnc(N4CCCC4)nc3c1F)COC2.CCCCCC(C#N)CCC. The third-order valence-corrected chi connectivity index (χ3v) is 10.1. The van der Waals surface area contributed by atoms with E-state index in [1.807, 2.05) is 13.8 Å². The molecule has 3 aromatic rings. The number of unbranched alkanes of at least 4 members (excludes halogenated alkanes) is 2. The van der Waals surface area contributed by atoms with Gasteiger partial charge in [0.2, 0.25) is 5.95 Å². The average Bonchev–Trinajstić information content (AvgIpc) is 3.86. The van der Waals surface area contributed by atoms with E-state index in [0.29, 0.717) is 52.5 Å². The van der Waals surface area contributed by atoms with Crippen LogP contribution in [0.4, 0.5) is 19.7 Å². The van der Waals surface area contributed by atoms with E-state index < -0.39 is 11.6 Å². The van der Waals surface area contributed by atoms with Crippen LogP contribution in [0, 0.1) is 34.4 Å². The van der Waals surface area contributed by atoms with Crippen molar-refractivity contribution in [1.82, 2.24) is 9.97 Å². The first-order valence-electron chi connectivity index (χ1n) is 16.8. The highest BCUT2D eigenvalue weighted by atomic mass is 32.1. The van der Waals surface area contributed by atoms with Crippen molar-refractivity contribution in [2.75, 3.05) is 23.7 Å². The molecule has 5 rings (SSSR count). The topological polar surface area (TPSA) is 112 Å². The van der Waals surface area contributed by atoms with E-state index in [9.17, 15) is 5.26 Å². The van der Waals surface area contributed by atoms with Gasteiger partial charge >= 0.3 is 0 Å². The molecule has 4 heterocycles. The van der Waals surface area contributed by atoms with Crippen LogP contribution < -0.4 is 10.6 Å². The van der Waals surface area contributed by atoms with Gasteiger partial charge in [0.15, 0.2) is 5.82 Å². The maximum Gasteiger partial charge on any atom is 0.225 e.